The van der Waals surface area contributed by atoms with Crippen molar-refractivity contribution in [1.29, 1.82) is 0 Å². The number of para-hydroxylation sites is 1. The van der Waals surface area contributed by atoms with Crippen molar-refractivity contribution in [3.63, 3.8) is 0 Å². The van der Waals surface area contributed by atoms with Gasteiger partial charge < -0.3 is 14.9 Å². The number of aryl methyl sites for hydroxylation is 2. The van der Waals surface area contributed by atoms with Crippen LogP contribution in [0.1, 0.15) is 55.0 Å². The third-order valence-electron chi connectivity index (χ3n) is 6.81. The Kier molecular flexibility index (Phi) is 9.30. The highest BCUT2D eigenvalue weighted by Gasteiger charge is 2.11. The third kappa shape index (κ3) is 7.92. The van der Waals surface area contributed by atoms with Crippen LogP contribution in [0.25, 0.3) is 6.08 Å². The predicted molar refractivity (Wildman–Crippen MR) is 153 cm³/mol. The zero-order chi connectivity index (χ0) is 27.6. The van der Waals surface area contributed by atoms with Crippen molar-refractivity contribution in [3.05, 3.63) is 142 Å². The molecule has 0 bridgehead atoms. The van der Waals surface area contributed by atoms with Crippen LogP contribution in [-0.2, 0) is 19.4 Å². The van der Waals surface area contributed by atoms with Crippen LogP contribution in [0.3, 0.4) is 0 Å². The van der Waals surface area contributed by atoms with Crippen LogP contribution in [0.4, 0.5) is 0 Å². The molecule has 4 aromatic rings. The van der Waals surface area contributed by atoms with Gasteiger partial charge in [0, 0.05) is 5.56 Å². The van der Waals surface area contributed by atoms with Crippen LogP contribution < -0.4 is 4.74 Å². The summed E-state index contributed by atoms with van der Waals surface area (Å²) in [5.74, 6) is -0.893. The Bertz CT molecular complexity index is 1440. The molecular weight excluding hydrogens is 488 g/mol. The van der Waals surface area contributed by atoms with E-state index in [1.54, 1.807) is 24.3 Å². The number of allylic oxidation sites excluding steroid dienone is 1. The van der Waals surface area contributed by atoms with Crippen molar-refractivity contribution in [2.24, 2.45) is 5.92 Å². The minimum absolute atomic E-state index is 0.171. The van der Waals surface area contributed by atoms with Crippen LogP contribution in [0.2, 0.25) is 0 Å². The summed E-state index contributed by atoms with van der Waals surface area (Å²) >= 11 is 0. The minimum atomic E-state index is -0.940. The SMILES string of the molecule is Cc1ccccc1COc1ccccc1/C=C/C(CCc1ccc(C(=O)O)cc1)Cc1ccc(C(=O)O)cc1. The van der Waals surface area contributed by atoms with Crippen LogP contribution in [0.15, 0.2) is 103 Å². The Labute approximate surface area is 229 Å². The molecule has 0 aliphatic rings. The first kappa shape index (κ1) is 27.4. The second-order valence-electron chi connectivity index (χ2n) is 9.62. The van der Waals surface area contributed by atoms with E-state index in [2.05, 4.69) is 31.2 Å². The standard InChI is InChI=1S/C34H32O5/c1-24-6-2-3-8-31(24)23-39-32-9-5-4-7-28(32)17-14-26(22-27-15-20-30(21-16-27)34(37)38)11-10-25-12-18-29(19-13-25)33(35)36/h2-9,12-21,26H,10-11,22-23H2,1H3,(H,35,36)(H,37,38)/b17-14+. The van der Waals surface area contributed by atoms with Crippen molar-refractivity contribution < 1.29 is 24.5 Å². The molecule has 5 heteroatoms. The lowest BCUT2D eigenvalue weighted by Gasteiger charge is -2.15. The van der Waals surface area contributed by atoms with E-state index in [4.69, 9.17) is 4.74 Å². The molecule has 1 atom stereocenters. The summed E-state index contributed by atoms with van der Waals surface area (Å²) in [6, 6.07) is 30.1. The molecule has 4 rings (SSSR count). The number of rotatable bonds is 12. The zero-order valence-electron chi connectivity index (χ0n) is 21.9. The average molecular weight is 521 g/mol. The maximum absolute atomic E-state index is 11.3. The number of carbonyl (C=O) groups is 2. The molecule has 0 heterocycles. The molecule has 0 fully saturated rings. The quantitative estimate of drug-likeness (QED) is 0.202. The van der Waals surface area contributed by atoms with Gasteiger partial charge in [0.15, 0.2) is 0 Å². The van der Waals surface area contributed by atoms with Gasteiger partial charge in [-0.15, -0.1) is 0 Å². The molecule has 2 N–H and O–H groups in total. The Morgan fingerprint density at radius 3 is 2.00 bits per heavy atom. The zero-order valence-corrected chi connectivity index (χ0v) is 21.9. The van der Waals surface area contributed by atoms with Gasteiger partial charge in [-0.3, -0.25) is 0 Å². The van der Waals surface area contributed by atoms with Crippen molar-refractivity contribution in [1.82, 2.24) is 0 Å². The lowest BCUT2D eigenvalue weighted by Crippen LogP contribution is -2.05. The van der Waals surface area contributed by atoms with E-state index in [1.165, 1.54) is 5.56 Å². The first-order chi connectivity index (χ1) is 18.9. The normalized spacial score (nSPS) is 11.8. The molecule has 198 valence electrons. The maximum atomic E-state index is 11.3. The number of hydrogen-bond donors (Lipinski definition) is 2. The van der Waals surface area contributed by atoms with Gasteiger partial charge >= 0.3 is 11.9 Å². The van der Waals surface area contributed by atoms with Gasteiger partial charge in [0.2, 0.25) is 0 Å². The lowest BCUT2D eigenvalue weighted by molar-refractivity contribution is 0.0686. The molecule has 39 heavy (non-hydrogen) atoms. The molecule has 0 aliphatic carbocycles. The monoisotopic (exact) mass is 520 g/mol. The van der Waals surface area contributed by atoms with E-state index < -0.39 is 11.9 Å². The molecule has 0 saturated carbocycles. The summed E-state index contributed by atoms with van der Waals surface area (Å²) in [7, 11) is 0. The largest absolute Gasteiger partial charge is 0.488 e. The number of carboxylic acids is 2. The van der Waals surface area contributed by atoms with Crippen LogP contribution in [-0.4, -0.2) is 22.2 Å². The van der Waals surface area contributed by atoms with Crippen molar-refractivity contribution >= 4 is 18.0 Å². The fourth-order valence-electron chi connectivity index (χ4n) is 4.44. The smallest absolute Gasteiger partial charge is 0.335 e. The lowest BCUT2D eigenvalue weighted by atomic mass is 9.91. The molecule has 0 aliphatic heterocycles. The first-order valence-corrected chi connectivity index (χ1v) is 13.0. The fourth-order valence-corrected chi connectivity index (χ4v) is 4.44. The summed E-state index contributed by atoms with van der Waals surface area (Å²) in [4.78, 5) is 22.4. The molecular formula is C34H32O5. The van der Waals surface area contributed by atoms with Gasteiger partial charge in [0.1, 0.15) is 12.4 Å². The van der Waals surface area contributed by atoms with Gasteiger partial charge in [-0.05, 0) is 84.7 Å². The molecule has 0 aromatic heterocycles. The van der Waals surface area contributed by atoms with Crippen LogP contribution in [0, 0.1) is 12.8 Å². The summed E-state index contributed by atoms with van der Waals surface area (Å²) in [5.41, 5.74) is 5.99. The second kappa shape index (κ2) is 13.2. The van der Waals surface area contributed by atoms with Gasteiger partial charge in [0.05, 0.1) is 11.1 Å². The van der Waals surface area contributed by atoms with Crippen LogP contribution in [0.5, 0.6) is 5.75 Å². The molecule has 0 amide bonds. The molecule has 0 saturated heterocycles. The Balaban J connectivity index is 1.51. The van der Waals surface area contributed by atoms with Gasteiger partial charge in [-0.1, -0.05) is 78.9 Å². The number of aromatic carboxylic acids is 2. The fraction of sp³-hybridized carbons (Fsp3) is 0.176. The minimum Gasteiger partial charge on any atom is -0.488 e. The molecule has 5 nitrogen and oxygen atoms in total. The number of hydrogen-bond acceptors (Lipinski definition) is 3. The molecule has 0 radical (unpaired) electrons. The van der Waals surface area contributed by atoms with E-state index in [0.717, 1.165) is 47.3 Å². The highest BCUT2D eigenvalue weighted by Crippen LogP contribution is 2.25. The molecule has 0 spiro atoms. The van der Waals surface area contributed by atoms with E-state index >= 15 is 0 Å². The van der Waals surface area contributed by atoms with Gasteiger partial charge in [0.25, 0.3) is 0 Å². The average Bonchev–Trinajstić information content (AvgIpc) is 2.95. The Morgan fingerprint density at radius 1 is 0.769 bits per heavy atom. The third-order valence-corrected chi connectivity index (χ3v) is 6.81. The van der Waals surface area contributed by atoms with Gasteiger partial charge in [-0.25, -0.2) is 9.59 Å². The van der Waals surface area contributed by atoms with Crippen molar-refractivity contribution in [2.45, 2.75) is 32.8 Å². The van der Waals surface area contributed by atoms with Gasteiger partial charge in [-0.2, -0.15) is 0 Å². The molecule has 1 unspecified atom stereocenters. The predicted octanol–water partition coefficient (Wildman–Crippen LogP) is 7.48. The van der Waals surface area contributed by atoms with Crippen molar-refractivity contribution in [3.8, 4) is 5.75 Å². The highest BCUT2D eigenvalue weighted by molar-refractivity contribution is 5.88. The summed E-state index contributed by atoms with van der Waals surface area (Å²) in [6.45, 7) is 2.57. The number of ether oxygens (including phenoxy) is 1. The Hall–Kier alpha value is -4.64. The summed E-state index contributed by atoms with van der Waals surface area (Å²) in [5, 5.41) is 18.4. The highest BCUT2D eigenvalue weighted by atomic mass is 16.5. The molecule has 4 aromatic carbocycles. The van der Waals surface area contributed by atoms with E-state index in [9.17, 15) is 19.8 Å². The Morgan fingerprint density at radius 2 is 1.36 bits per heavy atom. The van der Waals surface area contributed by atoms with E-state index in [1.807, 2.05) is 60.7 Å². The first-order valence-electron chi connectivity index (χ1n) is 13.0. The topological polar surface area (TPSA) is 83.8 Å². The summed E-state index contributed by atoms with van der Waals surface area (Å²) < 4.78 is 6.20. The number of benzene rings is 4. The van der Waals surface area contributed by atoms with Crippen LogP contribution >= 0.6 is 0 Å². The number of carboxylic acid groups (broad SMARTS) is 2. The maximum Gasteiger partial charge on any atom is 0.335 e. The second-order valence-corrected chi connectivity index (χ2v) is 9.62. The van der Waals surface area contributed by atoms with E-state index in [-0.39, 0.29) is 17.0 Å². The summed E-state index contributed by atoms with van der Waals surface area (Å²) in [6.07, 6.45) is 6.66. The van der Waals surface area contributed by atoms with Crippen molar-refractivity contribution in [2.75, 3.05) is 0 Å². The van der Waals surface area contributed by atoms with E-state index in [0.29, 0.717) is 6.61 Å².